The summed E-state index contributed by atoms with van der Waals surface area (Å²) in [6.45, 7) is 0. The Morgan fingerprint density at radius 2 is 1.70 bits per heavy atom. The van der Waals surface area contributed by atoms with Crippen molar-refractivity contribution in [2.45, 2.75) is 5.51 Å². The first-order valence-corrected chi connectivity index (χ1v) is 11.2. The molecule has 0 bridgehead atoms. The second kappa shape index (κ2) is 9.24. The van der Waals surface area contributed by atoms with E-state index in [1.165, 1.54) is 38.8 Å². The molecule has 0 amide bonds. The zero-order chi connectivity index (χ0) is 24.4. The lowest BCUT2D eigenvalue weighted by molar-refractivity contribution is -0.646. The van der Waals surface area contributed by atoms with Crippen LogP contribution < -0.4 is 9.47 Å². The van der Waals surface area contributed by atoms with Gasteiger partial charge in [0.2, 0.25) is 11.2 Å². The number of anilines is 1. The lowest BCUT2D eigenvalue weighted by atomic mass is 10.1. The lowest BCUT2D eigenvalue weighted by Crippen LogP contribution is -2.32. The third-order valence-corrected chi connectivity index (χ3v) is 5.62. The molecule has 0 aliphatic carbocycles. The second-order valence-corrected chi connectivity index (χ2v) is 8.85. The SMILES string of the molecule is CN(C)c1ccc2c(ccc(C=Cc3c[nH]c4ccccc34)[n+]2C)c1.O=S(=O)([O-])C(F)(F)F. The summed E-state index contributed by atoms with van der Waals surface area (Å²) in [7, 11) is 0.165. The Bertz CT molecular complexity index is 1430. The molecule has 0 spiro atoms. The maximum atomic E-state index is 10.7. The van der Waals surface area contributed by atoms with Crippen LogP contribution >= 0.6 is 0 Å². The average Bonchev–Trinajstić information content (AvgIpc) is 3.15. The van der Waals surface area contributed by atoms with E-state index in [1.807, 2.05) is 0 Å². The fraction of sp³-hybridized carbons (Fsp3) is 0.174. The van der Waals surface area contributed by atoms with Crippen molar-refractivity contribution in [3.05, 3.63) is 72.1 Å². The van der Waals surface area contributed by atoms with Crippen LogP contribution in [0.15, 0.2) is 60.8 Å². The standard InChI is InChI=1S/C22H21N3.CHF3O3S/c1-24(2)19-12-13-22-16(14-19)8-10-18(25(22)3)11-9-17-15-23-21-7-5-4-6-20(17)21;2-1(3,4)8(5,6)7/h4-15H,1-3H3;(H,5,6,7). The maximum Gasteiger partial charge on any atom is 0.485 e. The minimum absolute atomic E-state index is 1.17. The smallest absolute Gasteiger partial charge is 0.485 e. The molecule has 2 heterocycles. The number of fused-ring (bicyclic) bond motifs is 2. The van der Waals surface area contributed by atoms with Crippen molar-refractivity contribution in [3.8, 4) is 0 Å². The number of nitrogens with one attached hydrogen (secondary N) is 1. The molecule has 0 unspecified atom stereocenters. The van der Waals surface area contributed by atoms with Crippen molar-refractivity contribution < 1.29 is 30.7 Å². The van der Waals surface area contributed by atoms with Gasteiger partial charge in [0, 0.05) is 60.5 Å². The molecule has 10 heteroatoms. The van der Waals surface area contributed by atoms with Crippen LogP contribution in [-0.2, 0) is 17.2 Å². The second-order valence-electron chi connectivity index (χ2n) is 7.48. The van der Waals surface area contributed by atoms with Crippen LogP contribution in [0.25, 0.3) is 34.0 Å². The van der Waals surface area contributed by atoms with Gasteiger partial charge in [0.25, 0.3) is 0 Å². The number of aromatic amines is 1. The Labute approximate surface area is 189 Å². The summed E-state index contributed by atoms with van der Waals surface area (Å²) in [6, 6.07) is 19.3. The monoisotopic (exact) mass is 477 g/mol. The van der Waals surface area contributed by atoms with E-state index in [4.69, 9.17) is 13.0 Å². The largest absolute Gasteiger partial charge is 0.741 e. The van der Waals surface area contributed by atoms with Gasteiger partial charge in [-0.15, -0.1) is 0 Å². The molecule has 4 aromatic rings. The Morgan fingerprint density at radius 1 is 1.03 bits per heavy atom. The van der Waals surface area contributed by atoms with Gasteiger partial charge in [-0.05, 0) is 35.9 Å². The predicted molar refractivity (Wildman–Crippen MR) is 122 cm³/mol. The van der Waals surface area contributed by atoms with E-state index in [-0.39, 0.29) is 0 Å². The van der Waals surface area contributed by atoms with Gasteiger partial charge in [-0.1, -0.05) is 18.2 Å². The van der Waals surface area contributed by atoms with Crippen LogP contribution in [0, 0.1) is 0 Å². The molecule has 2 aromatic heterocycles. The summed E-state index contributed by atoms with van der Waals surface area (Å²) in [4.78, 5) is 5.45. The predicted octanol–water partition coefficient (Wildman–Crippen LogP) is 4.43. The number of aromatic nitrogens is 2. The summed E-state index contributed by atoms with van der Waals surface area (Å²) in [5, 5.41) is 2.50. The van der Waals surface area contributed by atoms with Gasteiger partial charge in [-0.2, -0.15) is 17.7 Å². The molecule has 174 valence electrons. The van der Waals surface area contributed by atoms with Crippen LogP contribution in [-0.4, -0.2) is 37.6 Å². The van der Waals surface area contributed by atoms with Gasteiger partial charge in [-0.3, -0.25) is 0 Å². The van der Waals surface area contributed by atoms with Crippen molar-refractivity contribution in [1.29, 1.82) is 0 Å². The first-order valence-electron chi connectivity index (χ1n) is 9.75. The zero-order valence-corrected chi connectivity index (χ0v) is 18.9. The number of hydrogen-bond acceptors (Lipinski definition) is 4. The highest BCUT2D eigenvalue weighted by Crippen LogP contribution is 2.22. The summed E-state index contributed by atoms with van der Waals surface area (Å²) >= 11 is 0. The Kier molecular flexibility index (Phi) is 6.80. The molecule has 2 aromatic carbocycles. The molecule has 0 saturated heterocycles. The molecular weight excluding hydrogens is 455 g/mol. The molecule has 0 radical (unpaired) electrons. The molecule has 4 rings (SSSR count). The molecule has 0 atom stereocenters. The van der Waals surface area contributed by atoms with E-state index in [0.717, 1.165) is 0 Å². The van der Waals surface area contributed by atoms with Crippen molar-refractivity contribution in [3.63, 3.8) is 0 Å². The van der Waals surface area contributed by atoms with Crippen LogP contribution in [0.3, 0.4) is 0 Å². The summed E-state index contributed by atoms with van der Waals surface area (Å²) in [5.41, 5.74) is 0.351. The quantitative estimate of drug-likeness (QED) is 0.269. The average molecular weight is 478 g/mol. The normalized spacial score (nSPS) is 12.2. The lowest BCUT2D eigenvalue weighted by Gasteiger charge is -2.12. The molecular formula is C23H22F3N3O3S. The van der Waals surface area contributed by atoms with E-state index in [1.54, 1.807) is 0 Å². The molecule has 1 N–H and O–H groups in total. The van der Waals surface area contributed by atoms with Crippen LogP contribution in [0.5, 0.6) is 0 Å². The summed E-state index contributed by atoms with van der Waals surface area (Å²) in [5.74, 6) is 0. The number of rotatable bonds is 3. The van der Waals surface area contributed by atoms with Crippen molar-refractivity contribution in [2.24, 2.45) is 7.05 Å². The molecule has 0 fully saturated rings. The number of pyridine rings is 1. The Balaban J connectivity index is 0.000000331. The Morgan fingerprint density at radius 3 is 2.33 bits per heavy atom. The Hall–Kier alpha value is -3.37. The van der Waals surface area contributed by atoms with Crippen LogP contribution in [0.2, 0.25) is 0 Å². The summed E-state index contributed by atoms with van der Waals surface area (Å²) < 4.78 is 61.1. The third-order valence-electron chi connectivity index (χ3n) is 5.05. The van der Waals surface area contributed by atoms with Gasteiger partial charge in [0.05, 0.1) is 0 Å². The van der Waals surface area contributed by atoms with Crippen molar-refractivity contribution in [2.75, 3.05) is 19.0 Å². The zero-order valence-electron chi connectivity index (χ0n) is 18.1. The highest BCUT2D eigenvalue weighted by Gasteiger charge is 2.36. The van der Waals surface area contributed by atoms with E-state index in [2.05, 4.69) is 109 Å². The van der Waals surface area contributed by atoms with E-state index in [9.17, 15) is 13.2 Å². The van der Waals surface area contributed by atoms with Crippen LogP contribution in [0.4, 0.5) is 18.9 Å². The topological polar surface area (TPSA) is 80.1 Å². The number of aryl methyl sites for hydroxylation is 1. The number of H-pyrrole nitrogens is 1. The number of alkyl halides is 3. The molecule has 0 aliphatic rings. The maximum absolute atomic E-state index is 10.7. The van der Waals surface area contributed by atoms with E-state index < -0.39 is 15.6 Å². The molecule has 0 aliphatic heterocycles. The number of halogens is 3. The summed E-state index contributed by atoms with van der Waals surface area (Å²) in [6.07, 6.45) is 6.41. The van der Waals surface area contributed by atoms with Gasteiger partial charge < -0.3 is 14.4 Å². The molecule has 33 heavy (non-hydrogen) atoms. The minimum atomic E-state index is -6.09. The van der Waals surface area contributed by atoms with E-state index >= 15 is 0 Å². The highest BCUT2D eigenvalue weighted by molar-refractivity contribution is 7.86. The van der Waals surface area contributed by atoms with Gasteiger partial charge in [-0.25, -0.2) is 8.42 Å². The highest BCUT2D eigenvalue weighted by atomic mass is 32.2. The van der Waals surface area contributed by atoms with E-state index in [0.29, 0.717) is 0 Å². The minimum Gasteiger partial charge on any atom is -0.741 e. The van der Waals surface area contributed by atoms with Crippen LogP contribution in [0.1, 0.15) is 11.3 Å². The van der Waals surface area contributed by atoms with Gasteiger partial charge >= 0.3 is 5.51 Å². The number of para-hydroxylation sites is 1. The number of benzene rings is 2. The molecule has 0 saturated carbocycles. The van der Waals surface area contributed by atoms with Crippen molar-refractivity contribution >= 4 is 49.8 Å². The third kappa shape index (κ3) is 5.52. The number of hydrogen-bond donors (Lipinski definition) is 1. The first kappa shape index (κ1) is 24.3. The fourth-order valence-corrected chi connectivity index (χ4v) is 3.26. The number of nitrogens with zero attached hydrogens (tertiary/aromatic N) is 2. The first-order chi connectivity index (χ1) is 15.4. The van der Waals surface area contributed by atoms with Gasteiger partial charge in [0.15, 0.2) is 10.1 Å². The van der Waals surface area contributed by atoms with Gasteiger partial charge in [0.1, 0.15) is 7.05 Å². The fourth-order valence-electron chi connectivity index (χ4n) is 3.26. The van der Waals surface area contributed by atoms with Crippen molar-refractivity contribution in [1.82, 2.24) is 4.98 Å². The molecule has 6 nitrogen and oxygen atoms in total.